The van der Waals surface area contributed by atoms with Crippen molar-refractivity contribution in [2.45, 2.75) is 32.6 Å². The summed E-state index contributed by atoms with van der Waals surface area (Å²) >= 11 is 0. The molecule has 1 saturated heterocycles. The Morgan fingerprint density at radius 2 is 1.75 bits per heavy atom. The molecule has 1 aliphatic rings. The number of ketones is 1. The molecule has 2 N–H and O–H groups in total. The van der Waals surface area contributed by atoms with Gasteiger partial charge in [0, 0.05) is 37.4 Å². The van der Waals surface area contributed by atoms with E-state index in [4.69, 9.17) is 5.73 Å². The normalized spacial score (nSPS) is 18.6. The molecule has 5 heteroatoms. The molecule has 2 atom stereocenters. The van der Waals surface area contributed by atoms with Crippen LogP contribution in [0, 0.1) is 19.8 Å². The van der Waals surface area contributed by atoms with Gasteiger partial charge in [-0.3, -0.25) is 9.59 Å². The third-order valence-electron chi connectivity index (χ3n) is 5.58. The Balaban J connectivity index is 0.00000280. The summed E-state index contributed by atoms with van der Waals surface area (Å²) in [6.07, 6.45) is 0.508. The van der Waals surface area contributed by atoms with Crippen LogP contribution in [-0.4, -0.2) is 36.2 Å². The summed E-state index contributed by atoms with van der Waals surface area (Å²) < 4.78 is 0. The summed E-state index contributed by atoms with van der Waals surface area (Å²) in [5.74, 6) is 0.630. The quantitative estimate of drug-likeness (QED) is 0.748. The van der Waals surface area contributed by atoms with E-state index < -0.39 is 0 Å². The molecule has 3 rings (SSSR count). The molecule has 150 valence electrons. The molecule has 0 aliphatic carbocycles. The van der Waals surface area contributed by atoms with Gasteiger partial charge in [-0.15, -0.1) is 12.4 Å². The lowest BCUT2D eigenvalue weighted by Gasteiger charge is -2.17. The van der Waals surface area contributed by atoms with Gasteiger partial charge < -0.3 is 10.6 Å². The van der Waals surface area contributed by atoms with Crippen molar-refractivity contribution in [2.75, 3.05) is 19.6 Å². The fourth-order valence-corrected chi connectivity index (χ4v) is 3.94. The van der Waals surface area contributed by atoms with Crippen molar-refractivity contribution in [3.05, 3.63) is 70.8 Å². The van der Waals surface area contributed by atoms with Gasteiger partial charge in [-0.1, -0.05) is 48.0 Å². The summed E-state index contributed by atoms with van der Waals surface area (Å²) in [7, 11) is 0. The second-order valence-electron chi connectivity index (χ2n) is 7.55. The van der Waals surface area contributed by atoms with Crippen molar-refractivity contribution < 1.29 is 9.59 Å². The molecule has 0 unspecified atom stereocenters. The monoisotopic (exact) mass is 400 g/mol. The van der Waals surface area contributed by atoms with Crippen LogP contribution in [0.1, 0.15) is 45.8 Å². The van der Waals surface area contributed by atoms with Crippen molar-refractivity contribution in [3.8, 4) is 0 Å². The molecule has 2 aromatic rings. The van der Waals surface area contributed by atoms with E-state index in [0.717, 1.165) is 16.7 Å². The number of carbonyl (C=O) groups is 2. The van der Waals surface area contributed by atoms with Gasteiger partial charge in [-0.25, -0.2) is 0 Å². The summed E-state index contributed by atoms with van der Waals surface area (Å²) in [6.45, 7) is 5.83. The van der Waals surface area contributed by atoms with Crippen molar-refractivity contribution in [2.24, 2.45) is 11.7 Å². The first-order valence-corrected chi connectivity index (χ1v) is 9.63. The van der Waals surface area contributed by atoms with Crippen LogP contribution in [0.2, 0.25) is 0 Å². The lowest BCUT2D eigenvalue weighted by atomic mass is 9.89. The van der Waals surface area contributed by atoms with Crippen LogP contribution >= 0.6 is 12.4 Å². The van der Waals surface area contributed by atoms with Crippen LogP contribution in [0.25, 0.3) is 0 Å². The molecule has 2 aromatic carbocycles. The number of carbonyl (C=O) groups excluding carboxylic acids is 2. The highest BCUT2D eigenvalue weighted by atomic mass is 35.5. The minimum atomic E-state index is 0. The maximum Gasteiger partial charge on any atom is 0.223 e. The fraction of sp³-hybridized carbons (Fsp3) is 0.391. The van der Waals surface area contributed by atoms with Gasteiger partial charge in [0.25, 0.3) is 0 Å². The van der Waals surface area contributed by atoms with Gasteiger partial charge in [0.2, 0.25) is 5.91 Å². The van der Waals surface area contributed by atoms with Crippen LogP contribution in [-0.2, 0) is 4.79 Å². The van der Waals surface area contributed by atoms with Gasteiger partial charge in [0.15, 0.2) is 5.78 Å². The second kappa shape index (κ2) is 9.85. The molecular weight excluding hydrogens is 372 g/mol. The number of amides is 1. The summed E-state index contributed by atoms with van der Waals surface area (Å²) in [4.78, 5) is 27.1. The second-order valence-corrected chi connectivity index (χ2v) is 7.55. The lowest BCUT2D eigenvalue weighted by Crippen LogP contribution is -2.30. The topological polar surface area (TPSA) is 63.4 Å². The summed E-state index contributed by atoms with van der Waals surface area (Å²) in [5, 5.41) is 0. The Bertz CT molecular complexity index is 823. The number of aryl methyl sites for hydroxylation is 2. The highest BCUT2D eigenvalue weighted by Gasteiger charge is 2.35. The van der Waals surface area contributed by atoms with Crippen LogP contribution in [0.5, 0.6) is 0 Å². The van der Waals surface area contributed by atoms with Gasteiger partial charge in [-0.2, -0.15) is 0 Å². The van der Waals surface area contributed by atoms with E-state index in [1.807, 2.05) is 55.1 Å². The zero-order valence-electron chi connectivity index (χ0n) is 16.6. The number of hydrogen-bond acceptors (Lipinski definition) is 3. The first-order valence-electron chi connectivity index (χ1n) is 9.63. The molecule has 0 saturated carbocycles. The van der Waals surface area contributed by atoms with E-state index in [2.05, 4.69) is 12.1 Å². The number of likely N-dealkylation sites (tertiary alicyclic amines) is 1. The SMILES string of the molecule is Cc1ccc(C)c(C(=O)CCC(=O)N2C[C@@H](CN)[C@H](c3ccccc3)C2)c1.Cl. The Morgan fingerprint density at radius 3 is 2.43 bits per heavy atom. The predicted molar refractivity (Wildman–Crippen MR) is 115 cm³/mol. The van der Waals surface area contributed by atoms with Crippen LogP contribution in [0.3, 0.4) is 0 Å². The Kier molecular flexibility index (Phi) is 7.78. The number of Topliss-reactive ketones (excluding diaryl/α,β-unsaturated/α-hetero) is 1. The van der Waals surface area contributed by atoms with Gasteiger partial charge in [0.1, 0.15) is 0 Å². The molecular formula is C23H29ClN2O2. The van der Waals surface area contributed by atoms with Gasteiger partial charge in [0.05, 0.1) is 0 Å². The molecule has 1 fully saturated rings. The third-order valence-corrected chi connectivity index (χ3v) is 5.58. The van der Waals surface area contributed by atoms with Crippen molar-refractivity contribution >= 4 is 24.1 Å². The first-order chi connectivity index (χ1) is 13.0. The smallest absolute Gasteiger partial charge is 0.223 e. The number of halogens is 1. The minimum Gasteiger partial charge on any atom is -0.342 e. The zero-order chi connectivity index (χ0) is 19.4. The van der Waals surface area contributed by atoms with Gasteiger partial charge >= 0.3 is 0 Å². The average molecular weight is 401 g/mol. The standard InChI is InChI=1S/C23H28N2O2.ClH/c1-16-8-9-17(2)20(12-16)22(26)10-11-23(27)25-14-19(13-24)21(15-25)18-6-4-3-5-7-18;/h3-9,12,19,21H,10-11,13-15,24H2,1-2H3;1H/t19-,21+;/m1./s1. The molecule has 0 aromatic heterocycles. The van der Waals surface area contributed by atoms with Crippen LogP contribution in [0.4, 0.5) is 0 Å². The highest BCUT2D eigenvalue weighted by Crippen LogP contribution is 2.32. The van der Waals surface area contributed by atoms with E-state index >= 15 is 0 Å². The van der Waals surface area contributed by atoms with E-state index in [-0.39, 0.29) is 48.8 Å². The molecule has 0 bridgehead atoms. The average Bonchev–Trinajstić information content (AvgIpc) is 3.13. The molecule has 4 nitrogen and oxygen atoms in total. The summed E-state index contributed by atoms with van der Waals surface area (Å²) in [6, 6.07) is 16.1. The van der Waals surface area contributed by atoms with E-state index in [1.54, 1.807) is 0 Å². The number of nitrogens with zero attached hydrogens (tertiary/aromatic N) is 1. The van der Waals surface area contributed by atoms with Crippen LogP contribution < -0.4 is 5.73 Å². The Morgan fingerprint density at radius 1 is 1.04 bits per heavy atom. The summed E-state index contributed by atoms with van der Waals surface area (Å²) in [5.41, 5.74) is 9.95. The van der Waals surface area contributed by atoms with E-state index in [1.165, 1.54) is 5.56 Å². The van der Waals surface area contributed by atoms with Crippen molar-refractivity contribution in [3.63, 3.8) is 0 Å². The number of nitrogens with two attached hydrogens (primary N) is 1. The first kappa shape index (κ1) is 22.1. The van der Waals surface area contributed by atoms with Crippen molar-refractivity contribution in [1.82, 2.24) is 4.90 Å². The van der Waals surface area contributed by atoms with Crippen molar-refractivity contribution in [1.29, 1.82) is 0 Å². The molecule has 1 amide bonds. The van der Waals surface area contributed by atoms with Gasteiger partial charge in [-0.05, 0) is 43.5 Å². The predicted octanol–water partition coefficient (Wildman–Crippen LogP) is 3.89. The highest BCUT2D eigenvalue weighted by molar-refractivity contribution is 5.99. The molecule has 1 heterocycles. The Labute approximate surface area is 173 Å². The third kappa shape index (κ3) is 5.00. The number of rotatable bonds is 6. The maximum absolute atomic E-state index is 12.7. The molecule has 0 spiro atoms. The van der Waals surface area contributed by atoms with E-state index in [0.29, 0.717) is 19.6 Å². The largest absolute Gasteiger partial charge is 0.342 e. The van der Waals surface area contributed by atoms with E-state index in [9.17, 15) is 9.59 Å². The minimum absolute atomic E-state index is 0. The van der Waals surface area contributed by atoms with Crippen LogP contribution in [0.15, 0.2) is 48.5 Å². The molecule has 0 radical (unpaired) electrons. The number of benzene rings is 2. The number of hydrogen-bond donors (Lipinski definition) is 1. The molecule has 1 aliphatic heterocycles. The maximum atomic E-state index is 12.7. The fourth-order valence-electron chi connectivity index (χ4n) is 3.94. The zero-order valence-corrected chi connectivity index (χ0v) is 17.4. The molecule has 28 heavy (non-hydrogen) atoms. The lowest BCUT2D eigenvalue weighted by molar-refractivity contribution is -0.130. The Hall–Kier alpha value is -2.17.